The van der Waals surface area contributed by atoms with E-state index in [0.717, 1.165) is 30.8 Å². The second-order valence-corrected chi connectivity index (χ2v) is 5.01. The molecule has 1 aromatic carbocycles. The van der Waals surface area contributed by atoms with Crippen LogP contribution in [0.5, 0.6) is 5.75 Å². The molecule has 1 unspecified atom stereocenters. The summed E-state index contributed by atoms with van der Waals surface area (Å²) in [6, 6.07) is 5.67. The van der Waals surface area contributed by atoms with E-state index in [1.54, 1.807) is 25.3 Å². The first kappa shape index (κ1) is 13.9. The summed E-state index contributed by atoms with van der Waals surface area (Å²) in [4.78, 5) is 13.5. The average Bonchev–Trinajstić information content (AvgIpc) is 2.85. The van der Waals surface area contributed by atoms with Gasteiger partial charge in [0.25, 0.3) is 0 Å². The third kappa shape index (κ3) is 3.07. The molecule has 1 saturated heterocycles. The Labute approximate surface area is 114 Å². The van der Waals surface area contributed by atoms with Crippen molar-refractivity contribution in [2.75, 3.05) is 13.7 Å². The minimum atomic E-state index is -0.891. The van der Waals surface area contributed by atoms with Crippen molar-refractivity contribution < 1.29 is 14.6 Å². The molecule has 0 aliphatic carbocycles. The van der Waals surface area contributed by atoms with Gasteiger partial charge < -0.3 is 9.84 Å². The molecule has 0 radical (unpaired) electrons. The fraction of sp³-hybridized carbons (Fsp3) is 0.533. The molecule has 19 heavy (non-hydrogen) atoms. The molecule has 0 bridgehead atoms. The fourth-order valence-corrected chi connectivity index (χ4v) is 2.82. The van der Waals surface area contributed by atoms with Crippen molar-refractivity contribution in [2.45, 2.75) is 38.8 Å². The molecule has 4 heteroatoms. The van der Waals surface area contributed by atoms with Crippen LogP contribution in [0.4, 0.5) is 0 Å². The van der Waals surface area contributed by atoms with Crippen LogP contribution >= 0.6 is 0 Å². The number of hydrogen-bond donors (Lipinski definition) is 1. The summed E-state index contributed by atoms with van der Waals surface area (Å²) in [7, 11) is 1.63. The van der Waals surface area contributed by atoms with Crippen molar-refractivity contribution in [3.63, 3.8) is 0 Å². The molecule has 4 nitrogen and oxygen atoms in total. The number of rotatable bonds is 5. The fourth-order valence-electron chi connectivity index (χ4n) is 2.82. The van der Waals surface area contributed by atoms with Crippen LogP contribution in [0.25, 0.3) is 0 Å². The summed E-state index contributed by atoms with van der Waals surface area (Å²) in [6.45, 7) is 4.05. The number of methoxy groups -OCH3 is 1. The topological polar surface area (TPSA) is 49.8 Å². The Bertz CT molecular complexity index is 459. The number of ether oxygens (including phenoxy) is 1. The van der Waals surface area contributed by atoms with E-state index in [2.05, 4.69) is 11.8 Å². The number of nitrogens with zero attached hydrogens (tertiary/aromatic N) is 1. The first-order chi connectivity index (χ1) is 9.15. The van der Waals surface area contributed by atoms with Crippen molar-refractivity contribution in [3.05, 3.63) is 29.3 Å². The second-order valence-electron chi connectivity index (χ2n) is 5.01. The Morgan fingerprint density at radius 2 is 2.32 bits per heavy atom. The van der Waals surface area contributed by atoms with Gasteiger partial charge in [0.1, 0.15) is 5.75 Å². The monoisotopic (exact) mass is 263 g/mol. The van der Waals surface area contributed by atoms with Crippen LogP contribution in [-0.2, 0) is 6.54 Å². The highest BCUT2D eigenvalue weighted by Crippen LogP contribution is 2.27. The highest BCUT2D eigenvalue weighted by atomic mass is 16.5. The maximum absolute atomic E-state index is 11.1. The van der Waals surface area contributed by atoms with E-state index in [1.165, 1.54) is 12.8 Å². The number of likely N-dealkylation sites (tertiary alicyclic amines) is 1. The Hall–Kier alpha value is -1.55. The predicted octanol–water partition coefficient (Wildman–Crippen LogP) is 2.77. The van der Waals surface area contributed by atoms with Crippen LogP contribution < -0.4 is 4.74 Å². The number of carboxylic acids is 1. The van der Waals surface area contributed by atoms with Gasteiger partial charge in [-0.25, -0.2) is 4.79 Å². The van der Waals surface area contributed by atoms with Crippen molar-refractivity contribution in [1.29, 1.82) is 0 Å². The van der Waals surface area contributed by atoms with Gasteiger partial charge in [-0.05, 0) is 44.0 Å². The molecule has 0 saturated carbocycles. The van der Waals surface area contributed by atoms with E-state index in [1.807, 2.05) is 0 Å². The van der Waals surface area contributed by atoms with Crippen LogP contribution in [-0.4, -0.2) is 35.7 Å². The highest BCUT2D eigenvalue weighted by Gasteiger charge is 2.24. The molecule has 0 spiro atoms. The van der Waals surface area contributed by atoms with Gasteiger partial charge >= 0.3 is 5.97 Å². The molecule has 104 valence electrons. The molecule has 1 atom stereocenters. The van der Waals surface area contributed by atoms with E-state index in [4.69, 9.17) is 9.84 Å². The van der Waals surface area contributed by atoms with E-state index < -0.39 is 5.97 Å². The zero-order valence-electron chi connectivity index (χ0n) is 11.6. The third-order valence-electron chi connectivity index (χ3n) is 3.87. The second kappa shape index (κ2) is 6.06. The summed E-state index contributed by atoms with van der Waals surface area (Å²) >= 11 is 0. The lowest BCUT2D eigenvalue weighted by Crippen LogP contribution is -2.28. The zero-order valence-corrected chi connectivity index (χ0v) is 11.6. The van der Waals surface area contributed by atoms with E-state index >= 15 is 0 Å². The van der Waals surface area contributed by atoms with Crippen LogP contribution in [0, 0.1) is 0 Å². The van der Waals surface area contributed by atoms with Gasteiger partial charge in [-0.3, -0.25) is 4.90 Å². The van der Waals surface area contributed by atoms with Gasteiger partial charge in [0.15, 0.2) is 0 Å². The van der Waals surface area contributed by atoms with Gasteiger partial charge in [-0.15, -0.1) is 0 Å². The molecule has 2 rings (SSSR count). The SMILES string of the molecule is CCC1CCCN1Cc1cc(C(=O)O)ccc1OC. The van der Waals surface area contributed by atoms with E-state index in [0.29, 0.717) is 11.6 Å². The Kier molecular flexibility index (Phi) is 4.43. The molecule has 1 aliphatic rings. The molecule has 1 heterocycles. The minimum absolute atomic E-state index is 0.322. The van der Waals surface area contributed by atoms with Crippen LogP contribution in [0.1, 0.15) is 42.1 Å². The quantitative estimate of drug-likeness (QED) is 0.887. The van der Waals surface area contributed by atoms with Crippen LogP contribution in [0.3, 0.4) is 0 Å². The normalized spacial score (nSPS) is 19.6. The highest BCUT2D eigenvalue weighted by molar-refractivity contribution is 5.88. The molecule has 0 amide bonds. The predicted molar refractivity (Wildman–Crippen MR) is 73.7 cm³/mol. The summed E-state index contributed by atoms with van der Waals surface area (Å²) in [5.41, 5.74) is 1.28. The van der Waals surface area contributed by atoms with E-state index in [9.17, 15) is 4.79 Å². The molecule has 1 aliphatic heterocycles. The number of carboxylic acid groups (broad SMARTS) is 1. The first-order valence-corrected chi connectivity index (χ1v) is 6.80. The van der Waals surface area contributed by atoms with E-state index in [-0.39, 0.29) is 0 Å². The largest absolute Gasteiger partial charge is 0.496 e. The maximum Gasteiger partial charge on any atom is 0.335 e. The maximum atomic E-state index is 11.1. The van der Waals surface area contributed by atoms with Gasteiger partial charge in [0.2, 0.25) is 0 Å². The summed E-state index contributed by atoms with van der Waals surface area (Å²) in [6.07, 6.45) is 3.60. The summed E-state index contributed by atoms with van der Waals surface area (Å²) in [5.74, 6) is -0.121. The molecular weight excluding hydrogens is 242 g/mol. The zero-order chi connectivity index (χ0) is 13.8. The lowest BCUT2D eigenvalue weighted by Gasteiger charge is -2.24. The lowest BCUT2D eigenvalue weighted by molar-refractivity contribution is 0.0696. The van der Waals surface area contributed by atoms with Crippen molar-refractivity contribution in [2.24, 2.45) is 0 Å². The standard InChI is InChI=1S/C15H21NO3/c1-3-13-5-4-8-16(13)10-12-9-11(15(17)18)6-7-14(12)19-2/h6-7,9,13H,3-5,8,10H2,1-2H3,(H,17,18). The third-order valence-corrected chi connectivity index (χ3v) is 3.87. The molecule has 1 aromatic rings. The molecule has 1 fully saturated rings. The molecular formula is C15H21NO3. The Balaban J connectivity index is 2.22. The Morgan fingerprint density at radius 3 is 2.95 bits per heavy atom. The summed E-state index contributed by atoms with van der Waals surface area (Å²) in [5, 5.41) is 9.08. The lowest BCUT2D eigenvalue weighted by atomic mass is 10.1. The Morgan fingerprint density at radius 1 is 1.53 bits per heavy atom. The number of benzene rings is 1. The number of carbonyl (C=O) groups is 1. The average molecular weight is 263 g/mol. The van der Waals surface area contributed by atoms with Gasteiger partial charge in [-0.1, -0.05) is 6.92 Å². The molecule has 1 N–H and O–H groups in total. The van der Waals surface area contributed by atoms with Crippen LogP contribution in [0.2, 0.25) is 0 Å². The van der Waals surface area contributed by atoms with Crippen LogP contribution in [0.15, 0.2) is 18.2 Å². The smallest absolute Gasteiger partial charge is 0.335 e. The van der Waals surface area contributed by atoms with Gasteiger partial charge in [0, 0.05) is 18.2 Å². The van der Waals surface area contributed by atoms with Gasteiger partial charge in [0.05, 0.1) is 12.7 Å². The number of hydrogen-bond acceptors (Lipinski definition) is 3. The van der Waals surface area contributed by atoms with Gasteiger partial charge in [-0.2, -0.15) is 0 Å². The van der Waals surface area contributed by atoms with Crippen molar-refractivity contribution in [3.8, 4) is 5.75 Å². The first-order valence-electron chi connectivity index (χ1n) is 6.80. The van der Waals surface area contributed by atoms with Crippen molar-refractivity contribution in [1.82, 2.24) is 4.90 Å². The number of aromatic carboxylic acids is 1. The van der Waals surface area contributed by atoms with Crippen molar-refractivity contribution >= 4 is 5.97 Å². The molecule has 0 aromatic heterocycles. The minimum Gasteiger partial charge on any atom is -0.496 e. The summed E-state index contributed by atoms with van der Waals surface area (Å²) < 4.78 is 5.34.